The molecule has 33 heavy (non-hydrogen) atoms. The topological polar surface area (TPSA) is 101 Å². The number of nitrogens with zero attached hydrogens (tertiary/aromatic N) is 2. The number of benzene rings is 2. The number of hydrogen-bond acceptors (Lipinski definition) is 7. The first-order valence-electron chi connectivity index (χ1n) is 10.5. The van der Waals surface area contributed by atoms with Crippen molar-refractivity contribution >= 4 is 16.8 Å². The fourth-order valence-corrected chi connectivity index (χ4v) is 3.62. The minimum absolute atomic E-state index is 0.117. The third-order valence-corrected chi connectivity index (χ3v) is 5.42. The van der Waals surface area contributed by atoms with E-state index in [0.717, 1.165) is 5.56 Å². The Hall–Kier alpha value is -3.75. The van der Waals surface area contributed by atoms with E-state index >= 15 is 0 Å². The first kappa shape index (κ1) is 23.9. The molecule has 0 aliphatic rings. The molecule has 1 amide bonds. The van der Waals surface area contributed by atoms with Gasteiger partial charge in [0.25, 0.3) is 5.56 Å². The summed E-state index contributed by atoms with van der Waals surface area (Å²) in [6, 6.07) is 8.52. The molecule has 3 rings (SSSR count). The maximum Gasteiger partial charge on any atom is 0.261 e. The Kier molecular flexibility index (Phi) is 7.76. The van der Waals surface area contributed by atoms with E-state index in [9.17, 15) is 9.59 Å². The summed E-state index contributed by atoms with van der Waals surface area (Å²) < 4.78 is 22.7. The molecule has 9 heteroatoms. The molecule has 0 fully saturated rings. The van der Waals surface area contributed by atoms with Crippen molar-refractivity contribution < 1.29 is 23.7 Å². The number of fused-ring (bicyclic) bond motifs is 1. The number of methoxy groups -OCH3 is 4. The standard InChI is InChI=1S/C24H29N3O6/c1-15(17-9-8-16(30-2)11-20(17)31-3)26-23(28)7-6-10-27-14-25-19-13-22(33-5)21(32-4)12-18(19)24(27)29/h8-9,11-15H,6-7,10H2,1-5H3,(H,26,28). The van der Waals surface area contributed by atoms with Crippen molar-refractivity contribution in [2.45, 2.75) is 32.4 Å². The van der Waals surface area contributed by atoms with Gasteiger partial charge in [0.2, 0.25) is 5.91 Å². The highest BCUT2D eigenvalue weighted by atomic mass is 16.5. The summed E-state index contributed by atoms with van der Waals surface area (Å²) in [4.78, 5) is 29.7. The Labute approximate surface area is 192 Å². The summed E-state index contributed by atoms with van der Waals surface area (Å²) in [5, 5.41) is 3.40. The zero-order valence-corrected chi connectivity index (χ0v) is 19.5. The maximum atomic E-state index is 12.9. The Morgan fingerprint density at radius 3 is 2.36 bits per heavy atom. The first-order chi connectivity index (χ1) is 15.9. The van der Waals surface area contributed by atoms with Crippen molar-refractivity contribution in [2.24, 2.45) is 0 Å². The molecule has 0 saturated heterocycles. The van der Waals surface area contributed by atoms with Gasteiger partial charge in [0, 0.05) is 30.7 Å². The van der Waals surface area contributed by atoms with Gasteiger partial charge in [-0.15, -0.1) is 0 Å². The van der Waals surface area contributed by atoms with Gasteiger partial charge in [-0.3, -0.25) is 14.2 Å². The molecule has 176 valence electrons. The predicted octanol–water partition coefficient (Wildman–Crippen LogP) is 3.09. The fraction of sp³-hybridized carbons (Fsp3) is 0.375. The van der Waals surface area contributed by atoms with Crippen molar-refractivity contribution in [3.63, 3.8) is 0 Å². The Bertz CT molecular complexity index is 1190. The molecule has 3 aromatic rings. The van der Waals surface area contributed by atoms with Crippen LogP contribution in [0.2, 0.25) is 0 Å². The van der Waals surface area contributed by atoms with E-state index in [1.165, 1.54) is 25.1 Å². The van der Waals surface area contributed by atoms with Gasteiger partial charge in [0.1, 0.15) is 11.5 Å². The van der Waals surface area contributed by atoms with Gasteiger partial charge in [-0.2, -0.15) is 0 Å². The van der Waals surface area contributed by atoms with Crippen molar-refractivity contribution in [3.8, 4) is 23.0 Å². The van der Waals surface area contributed by atoms with Crippen molar-refractivity contribution in [2.75, 3.05) is 28.4 Å². The van der Waals surface area contributed by atoms with Gasteiger partial charge in [-0.05, 0) is 31.5 Å². The van der Waals surface area contributed by atoms with Gasteiger partial charge in [-0.1, -0.05) is 0 Å². The van der Waals surface area contributed by atoms with Crippen LogP contribution in [0.15, 0.2) is 41.5 Å². The fourth-order valence-electron chi connectivity index (χ4n) is 3.62. The van der Waals surface area contributed by atoms with Crippen LogP contribution in [-0.4, -0.2) is 43.9 Å². The molecule has 1 aromatic heterocycles. The van der Waals surface area contributed by atoms with Gasteiger partial charge in [0.15, 0.2) is 11.5 Å². The highest BCUT2D eigenvalue weighted by Crippen LogP contribution is 2.30. The number of nitrogens with one attached hydrogen (secondary N) is 1. The average Bonchev–Trinajstić information content (AvgIpc) is 2.84. The summed E-state index contributed by atoms with van der Waals surface area (Å²) >= 11 is 0. The van der Waals surface area contributed by atoms with Crippen LogP contribution < -0.4 is 29.8 Å². The van der Waals surface area contributed by atoms with E-state index in [1.54, 1.807) is 32.4 Å². The maximum absolute atomic E-state index is 12.9. The molecule has 0 bridgehead atoms. The van der Waals surface area contributed by atoms with Crippen LogP contribution in [0.4, 0.5) is 0 Å². The monoisotopic (exact) mass is 455 g/mol. The third kappa shape index (κ3) is 5.36. The Morgan fingerprint density at radius 2 is 1.70 bits per heavy atom. The van der Waals surface area contributed by atoms with E-state index < -0.39 is 0 Å². The van der Waals surface area contributed by atoms with E-state index in [4.69, 9.17) is 18.9 Å². The molecular weight excluding hydrogens is 426 g/mol. The summed E-state index contributed by atoms with van der Waals surface area (Å²) in [5.74, 6) is 2.18. The van der Waals surface area contributed by atoms with E-state index in [2.05, 4.69) is 10.3 Å². The number of carbonyl (C=O) groups excluding carboxylic acids is 1. The van der Waals surface area contributed by atoms with Crippen LogP contribution >= 0.6 is 0 Å². The lowest BCUT2D eigenvalue weighted by Gasteiger charge is -2.18. The summed E-state index contributed by atoms with van der Waals surface area (Å²) in [7, 11) is 6.21. The average molecular weight is 456 g/mol. The van der Waals surface area contributed by atoms with Crippen LogP contribution in [0.1, 0.15) is 31.4 Å². The zero-order chi connectivity index (χ0) is 24.0. The summed E-state index contributed by atoms with van der Waals surface area (Å²) in [6.07, 6.45) is 2.23. The number of amides is 1. The minimum Gasteiger partial charge on any atom is -0.497 e. The van der Waals surface area contributed by atoms with Crippen LogP contribution in [0.25, 0.3) is 10.9 Å². The third-order valence-electron chi connectivity index (χ3n) is 5.42. The Balaban J connectivity index is 1.63. The minimum atomic E-state index is -0.245. The molecule has 1 N–H and O–H groups in total. The molecular formula is C24H29N3O6. The molecule has 1 unspecified atom stereocenters. The smallest absolute Gasteiger partial charge is 0.261 e. The normalized spacial score (nSPS) is 11.7. The summed E-state index contributed by atoms with van der Waals surface area (Å²) in [5.41, 5.74) is 1.18. The zero-order valence-electron chi connectivity index (χ0n) is 19.5. The second kappa shape index (κ2) is 10.7. The van der Waals surface area contributed by atoms with Crippen LogP contribution in [0, 0.1) is 0 Å². The lowest BCUT2D eigenvalue weighted by molar-refractivity contribution is -0.121. The largest absolute Gasteiger partial charge is 0.497 e. The number of carbonyl (C=O) groups is 1. The SMILES string of the molecule is COc1ccc(C(C)NC(=O)CCCn2cnc3cc(OC)c(OC)cc3c2=O)c(OC)c1. The number of ether oxygens (including phenoxy) is 4. The number of rotatable bonds is 10. The number of hydrogen-bond donors (Lipinski definition) is 1. The molecule has 9 nitrogen and oxygen atoms in total. The number of aromatic nitrogens is 2. The van der Waals surface area contributed by atoms with Crippen LogP contribution in [-0.2, 0) is 11.3 Å². The lowest BCUT2D eigenvalue weighted by Crippen LogP contribution is -2.27. The van der Waals surface area contributed by atoms with Crippen molar-refractivity contribution in [1.29, 1.82) is 0 Å². The summed E-state index contributed by atoms with van der Waals surface area (Å²) in [6.45, 7) is 2.26. The van der Waals surface area contributed by atoms with Gasteiger partial charge < -0.3 is 24.3 Å². The predicted molar refractivity (Wildman–Crippen MR) is 124 cm³/mol. The second-order valence-electron chi connectivity index (χ2n) is 7.47. The van der Waals surface area contributed by atoms with Crippen molar-refractivity contribution in [3.05, 3.63) is 52.6 Å². The van der Waals surface area contributed by atoms with Gasteiger partial charge >= 0.3 is 0 Å². The first-order valence-corrected chi connectivity index (χ1v) is 10.5. The molecule has 1 heterocycles. The molecule has 0 aliphatic carbocycles. The lowest BCUT2D eigenvalue weighted by atomic mass is 10.1. The highest BCUT2D eigenvalue weighted by Gasteiger charge is 2.15. The Morgan fingerprint density at radius 1 is 1.00 bits per heavy atom. The van der Waals surface area contributed by atoms with E-state index in [1.807, 2.05) is 19.1 Å². The van der Waals surface area contributed by atoms with E-state index in [-0.39, 0.29) is 23.9 Å². The quantitative estimate of drug-likeness (QED) is 0.501. The van der Waals surface area contributed by atoms with Crippen LogP contribution in [0.5, 0.6) is 23.0 Å². The number of aryl methyl sites for hydroxylation is 1. The molecule has 0 aliphatic heterocycles. The van der Waals surface area contributed by atoms with Gasteiger partial charge in [0.05, 0.1) is 51.7 Å². The van der Waals surface area contributed by atoms with Crippen molar-refractivity contribution in [1.82, 2.24) is 14.9 Å². The van der Waals surface area contributed by atoms with Gasteiger partial charge in [-0.25, -0.2) is 4.98 Å². The molecule has 0 radical (unpaired) electrons. The van der Waals surface area contributed by atoms with E-state index in [0.29, 0.717) is 46.9 Å². The second-order valence-corrected chi connectivity index (χ2v) is 7.47. The molecule has 0 spiro atoms. The highest BCUT2D eigenvalue weighted by molar-refractivity contribution is 5.81. The van der Waals surface area contributed by atoms with Crippen LogP contribution in [0.3, 0.4) is 0 Å². The molecule has 1 atom stereocenters. The molecule has 2 aromatic carbocycles. The molecule has 0 saturated carbocycles.